The van der Waals surface area contributed by atoms with Gasteiger partial charge in [0.05, 0.1) is 38.0 Å². The van der Waals surface area contributed by atoms with E-state index in [2.05, 4.69) is 11.9 Å². The molecular formula is C30H45N3O7. The zero-order valence-electron chi connectivity index (χ0n) is 24.0. The predicted octanol–water partition coefficient (Wildman–Crippen LogP) is 3.40. The third kappa shape index (κ3) is 7.96. The van der Waals surface area contributed by atoms with Crippen LogP contribution in [0.25, 0.3) is 0 Å². The largest absolute Gasteiger partial charge is 0.445 e. The summed E-state index contributed by atoms with van der Waals surface area (Å²) in [5, 5.41) is 14.4. The van der Waals surface area contributed by atoms with Gasteiger partial charge in [0.15, 0.2) is 0 Å². The molecule has 2 N–H and O–H groups in total. The summed E-state index contributed by atoms with van der Waals surface area (Å²) in [4.78, 5) is 40.7. The molecular weight excluding hydrogens is 514 g/mol. The molecule has 4 unspecified atom stereocenters. The Morgan fingerprint density at radius 1 is 1.20 bits per heavy atom. The third-order valence-electron chi connectivity index (χ3n) is 8.08. The summed E-state index contributed by atoms with van der Waals surface area (Å²) >= 11 is 0. The molecule has 40 heavy (non-hydrogen) atoms. The first kappa shape index (κ1) is 30.3. The monoisotopic (exact) mass is 559 g/mol. The number of benzene rings is 1. The highest BCUT2D eigenvalue weighted by Gasteiger charge is 2.44. The number of hydrogen-bond acceptors (Lipinski definition) is 7. The Morgan fingerprint density at radius 3 is 2.67 bits per heavy atom. The van der Waals surface area contributed by atoms with Crippen LogP contribution in [0.15, 0.2) is 42.5 Å². The number of piperidine rings is 1. The summed E-state index contributed by atoms with van der Waals surface area (Å²) in [5.41, 5.74) is 1.94. The summed E-state index contributed by atoms with van der Waals surface area (Å²) in [6.07, 6.45) is 0.864. The van der Waals surface area contributed by atoms with E-state index in [4.69, 9.17) is 19.2 Å². The Kier molecular flexibility index (Phi) is 10.8. The Hall–Kier alpha value is -2.66. The smallest absolute Gasteiger partial charge is 0.407 e. The zero-order valence-corrected chi connectivity index (χ0v) is 24.0. The maximum absolute atomic E-state index is 13.6. The van der Waals surface area contributed by atoms with Gasteiger partial charge in [0.1, 0.15) is 6.10 Å². The minimum atomic E-state index is -1.02. The third-order valence-corrected chi connectivity index (χ3v) is 8.08. The number of alkyl carbamates (subject to hydrolysis) is 1. The SMILES string of the molecule is C=C1CC2COOCC1C2OC(=O)N[C@@H](Cc1ccccc1)[C@H](O)CN(CC(C)C)C(=O)N1CCCC(OC)C1. The molecule has 10 heteroatoms. The average Bonchev–Trinajstić information content (AvgIpc) is 3.08. The van der Waals surface area contributed by atoms with Crippen LogP contribution in [0.3, 0.4) is 0 Å². The fourth-order valence-corrected chi connectivity index (χ4v) is 5.96. The topological polar surface area (TPSA) is 110 Å². The first-order valence-corrected chi connectivity index (χ1v) is 14.4. The second-order valence-electron chi connectivity index (χ2n) is 11.7. The molecule has 222 valence electrons. The predicted molar refractivity (Wildman–Crippen MR) is 149 cm³/mol. The molecule has 2 bridgehead atoms. The van der Waals surface area contributed by atoms with Crippen molar-refractivity contribution in [2.75, 3.05) is 46.5 Å². The molecule has 3 amide bonds. The van der Waals surface area contributed by atoms with Gasteiger partial charge >= 0.3 is 12.1 Å². The lowest BCUT2D eigenvalue weighted by atomic mass is 10.00. The number of rotatable bonds is 10. The van der Waals surface area contributed by atoms with Gasteiger partial charge in [-0.15, -0.1) is 0 Å². The van der Waals surface area contributed by atoms with Crippen LogP contribution in [0, 0.1) is 17.8 Å². The summed E-state index contributed by atoms with van der Waals surface area (Å²) < 4.78 is 11.4. The van der Waals surface area contributed by atoms with E-state index < -0.39 is 24.3 Å². The Labute approximate surface area is 237 Å². The first-order valence-electron chi connectivity index (χ1n) is 14.4. The number of methoxy groups -OCH3 is 1. The molecule has 3 fully saturated rings. The van der Waals surface area contributed by atoms with E-state index in [9.17, 15) is 14.7 Å². The number of aliphatic hydroxyl groups is 1. The van der Waals surface area contributed by atoms with Gasteiger partial charge in [0.2, 0.25) is 0 Å². The number of aliphatic hydroxyl groups excluding tert-OH is 1. The Morgan fingerprint density at radius 2 is 1.95 bits per heavy atom. The van der Waals surface area contributed by atoms with Crippen LogP contribution in [0.5, 0.6) is 0 Å². The van der Waals surface area contributed by atoms with Crippen LogP contribution in [-0.2, 0) is 25.7 Å². The number of carbonyl (C=O) groups is 2. The van der Waals surface area contributed by atoms with E-state index in [-0.39, 0.29) is 43.0 Å². The van der Waals surface area contributed by atoms with E-state index in [1.807, 2.05) is 44.2 Å². The number of hydrogen-bond donors (Lipinski definition) is 2. The van der Waals surface area contributed by atoms with Gasteiger partial charge in [0.25, 0.3) is 0 Å². The highest BCUT2D eigenvalue weighted by Crippen LogP contribution is 2.39. The molecule has 10 nitrogen and oxygen atoms in total. The van der Waals surface area contributed by atoms with Gasteiger partial charge in [-0.25, -0.2) is 19.4 Å². The molecule has 0 spiro atoms. The van der Waals surface area contributed by atoms with Gasteiger partial charge < -0.3 is 29.7 Å². The average molecular weight is 560 g/mol. The van der Waals surface area contributed by atoms with Crippen molar-refractivity contribution in [2.24, 2.45) is 17.8 Å². The van der Waals surface area contributed by atoms with Crippen LogP contribution in [0.1, 0.15) is 38.7 Å². The lowest BCUT2D eigenvalue weighted by molar-refractivity contribution is -0.297. The summed E-state index contributed by atoms with van der Waals surface area (Å²) in [6.45, 7) is 10.6. The van der Waals surface area contributed by atoms with E-state index in [1.165, 1.54) is 0 Å². The number of nitrogens with zero attached hydrogens (tertiary/aromatic N) is 2. The molecule has 0 aromatic heterocycles. The summed E-state index contributed by atoms with van der Waals surface area (Å²) in [6, 6.07) is 8.86. The molecule has 4 rings (SSSR count). The Bertz CT molecular complexity index is 991. The van der Waals surface area contributed by atoms with Gasteiger partial charge in [-0.1, -0.05) is 56.3 Å². The molecule has 6 atom stereocenters. The second-order valence-corrected chi connectivity index (χ2v) is 11.7. The van der Waals surface area contributed by atoms with Crippen molar-refractivity contribution < 1.29 is 33.9 Å². The number of urea groups is 1. The number of likely N-dealkylation sites (tertiary alicyclic amines) is 1. The van der Waals surface area contributed by atoms with Crippen molar-refractivity contribution in [3.05, 3.63) is 48.0 Å². The fourth-order valence-electron chi connectivity index (χ4n) is 5.96. The quantitative estimate of drug-likeness (QED) is 0.334. The molecule has 1 aliphatic carbocycles. The molecule has 3 aliphatic rings. The minimum absolute atomic E-state index is 0.0111. The van der Waals surface area contributed by atoms with Crippen LogP contribution >= 0.6 is 0 Å². The number of carbonyl (C=O) groups excluding carboxylic acids is 2. The highest BCUT2D eigenvalue weighted by atomic mass is 17.2. The van der Waals surface area contributed by atoms with Crippen LogP contribution < -0.4 is 5.32 Å². The number of fused-ring (bicyclic) bond motifs is 2. The van der Waals surface area contributed by atoms with Gasteiger partial charge in [-0.2, -0.15) is 0 Å². The highest BCUT2D eigenvalue weighted by molar-refractivity contribution is 5.74. The van der Waals surface area contributed by atoms with Crippen molar-refractivity contribution in [3.8, 4) is 0 Å². The summed E-state index contributed by atoms with van der Waals surface area (Å²) in [7, 11) is 1.67. The van der Waals surface area contributed by atoms with E-state index in [0.29, 0.717) is 32.7 Å². The standard InChI is InChI=1S/C30H45N3O7/c1-20(2)15-33(30(36)32-12-8-11-24(16-32)37-4)17-27(34)26(14-22-9-6-5-7-10-22)31-29(35)40-28-23-13-21(3)25(28)19-39-38-18-23/h5-7,9-10,20,23-28,34H,3,8,11-19H2,1-2,4H3,(H,31,35)/t23?,24?,25?,26-,27+,28?/m0/s1. The van der Waals surface area contributed by atoms with Crippen LogP contribution in [0.2, 0.25) is 0 Å². The molecule has 1 aromatic carbocycles. The van der Waals surface area contributed by atoms with Crippen molar-refractivity contribution in [2.45, 2.75) is 63.9 Å². The lowest BCUT2D eigenvalue weighted by Crippen LogP contribution is -2.55. The molecule has 1 saturated carbocycles. The maximum atomic E-state index is 13.6. The van der Waals surface area contributed by atoms with Crippen molar-refractivity contribution in [3.63, 3.8) is 0 Å². The fraction of sp³-hybridized carbons (Fsp3) is 0.667. The van der Waals surface area contributed by atoms with Crippen molar-refractivity contribution in [1.82, 2.24) is 15.1 Å². The zero-order chi connectivity index (χ0) is 28.6. The van der Waals surface area contributed by atoms with Crippen LogP contribution in [0.4, 0.5) is 9.59 Å². The van der Waals surface area contributed by atoms with E-state index >= 15 is 0 Å². The Balaban J connectivity index is 1.46. The van der Waals surface area contributed by atoms with Crippen LogP contribution in [-0.4, -0.2) is 97.9 Å². The van der Waals surface area contributed by atoms with Gasteiger partial charge in [0, 0.05) is 38.6 Å². The molecule has 2 aliphatic heterocycles. The maximum Gasteiger partial charge on any atom is 0.407 e. The molecule has 2 saturated heterocycles. The van der Waals surface area contributed by atoms with E-state index in [1.54, 1.807) is 16.9 Å². The van der Waals surface area contributed by atoms with E-state index in [0.717, 1.165) is 30.4 Å². The second kappa shape index (κ2) is 14.3. The molecule has 0 radical (unpaired) electrons. The van der Waals surface area contributed by atoms with Crippen molar-refractivity contribution >= 4 is 12.1 Å². The minimum Gasteiger partial charge on any atom is -0.445 e. The van der Waals surface area contributed by atoms with Crippen molar-refractivity contribution in [1.29, 1.82) is 0 Å². The number of ether oxygens (including phenoxy) is 2. The van der Waals surface area contributed by atoms with Gasteiger partial charge in [-0.3, -0.25) is 0 Å². The number of amides is 3. The lowest BCUT2D eigenvalue weighted by Gasteiger charge is -2.38. The number of nitrogens with one attached hydrogen (secondary N) is 1. The molecule has 1 aromatic rings. The summed E-state index contributed by atoms with van der Waals surface area (Å²) in [5.74, 6) is 0.0474. The normalized spacial score (nSPS) is 26.2. The first-order chi connectivity index (χ1) is 19.2. The molecule has 2 heterocycles. The van der Waals surface area contributed by atoms with Gasteiger partial charge in [-0.05, 0) is 37.2 Å².